The highest BCUT2D eigenvalue weighted by Crippen LogP contribution is 2.26. The van der Waals surface area contributed by atoms with Crippen molar-refractivity contribution in [2.75, 3.05) is 32.0 Å². The zero-order valence-electron chi connectivity index (χ0n) is 14.0. The van der Waals surface area contributed by atoms with Crippen LogP contribution in [0.3, 0.4) is 0 Å². The number of pyridine rings is 1. The fourth-order valence-electron chi connectivity index (χ4n) is 2.81. The maximum Gasteiger partial charge on any atom is 0.236 e. The third kappa shape index (κ3) is 3.86. The van der Waals surface area contributed by atoms with Crippen LogP contribution in [0.2, 0.25) is 0 Å². The molecule has 2 N–H and O–H groups in total. The Morgan fingerprint density at radius 2 is 2.21 bits per heavy atom. The van der Waals surface area contributed by atoms with Crippen LogP contribution in [0.25, 0.3) is 0 Å². The van der Waals surface area contributed by atoms with Crippen molar-refractivity contribution < 1.29 is 4.79 Å². The summed E-state index contributed by atoms with van der Waals surface area (Å²) in [7, 11) is 1.78. The first-order valence-electron chi connectivity index (χ1n) is 8.10. The number of rotatable bonds is 5. The van der Waals surface area contributed by atoms with E-state index in [4.69, 9.17) is 0 Å². The predicted molar refractivity (Wildman–Crippen MR) is 92.2 cm³/mol. The quantitative estimate of drug-likeness (QED) is 0.865. The van der Waals surface area contributed by atoms with Crippen LogP contribution in [0.5, 0.6) is 0 Å². The van der Waals surface area contributed by atoms with Crippen LogP contribution < -0.4 is 10.6 Å². The largest absolute Gasteiger partial charge is 0.341 e. The molecule has 0 aliphatic carbocycles. The van der Waals surface area contributed by atoms with Crippen LogP contribution in [-0.4, -0.2) is 52.4 Å². The molecule has 1 saturated heterocycles. The molecule has 2 aromatic heterocycles. The average molecular weight is 326 g/mol. The average Bonchev–Trinajstić information content (AvgIpc) is 3.08. The fourth-order valence-corrected chi connectivity index (χ4v) is 2.81. The van der Waals surface area contributed by atoms with Gasteiger partial charge in [0.1, 0.15) is 5.82 Å². The fraction of sp³-hybridized carbons (Fsp3) is 0.412. The zero-order valence-corrected chi connectivity index (χ0v) is 14.0. The Labute approximate surface area is 141 Å². The predicted octanol–water partition coefficient (Wildman–Crippen LogP) is 1.46. The van der Waals surface area contributed by atoms with Crippen LogP contribution in [0.15, 0.2) is 30.6 Å². The highest BCUT2D eigenvalue weighted by molar-refractivity contribution is 5.78. The summed E-state index contributed by atoms with van der Waals surface area (Å²) in [5.74, 6) is 1.63. The normalized spacial score (nSPS) is 17.1. The van der Waals surface area contributed by atoms with E-state index in [2.05, 4.69) is 25.6 Å². The molecule has 1 aliphatic rings. The lowest BCUT2D eigenvalue weighted by Gasteiger charge is -2.16. The molecule has 1 fully saturated rings. The minimum Gasteiger partial charge on any atom is -0.341 e. The van der Waals surface area contributed by atoms with Gasteiger partial charge in [-0.15, -0.1) is 0 Å². The summed E-state index contributed by atoms with van der Waals surface area (Å²) in [6.45, 7) is 3.86. The molecular formula is C17H22N6O. The first-order chi connectivity index (χ1) is 11.7. The van der Waals surface area contributed by atoms with E-state index in [-0.39, 0.29) is 11.8 Å². The maximum atomic E-state index is 12.0. The summed E-state index contributed by atoms with van der Waals surface area (Å²) in [5.41, 5.74) is 2.06. The van der Waals surface area contributed by atoms with Crippen molar-refractivity contribution in [3.05, 3.63) is 41.9 Å². The number of hydrogen-bond donors (Lipinski definition) is 2. The van der Waals surface area contributed by atoms with Gasteiger partial charge in [0.25, 0.3) is 0 Å². The van der Waals surface area contributed by atoms with Gasteiger partial charge in [-0.1, -0.05) is 6.07 Å². The molecule has 0 radical (unpaired) electrons. The topological polar surface area (TPSA) is 83.0 Å². The SMILES string of the molecule is CNCC(=O)N1CC[C@@H](c2ccnc(Nc3ccc(C)cn3)n2)C1. The van der Waals surface area contributed by atoms with Crippen LogP contribution in [0.1, 0.15) is 23.6 Å². The van der Waals surface area contributed by atoms with E-state index in [0.29, 0.717) is 19.0 Å². The molecular weight excluding hydrogens is 304 g/mol. The molecule has 3 heterocycles. The van der Waals surface area contributed by atoms with Crippen LogP contribution >= 0.6 is 0 Å². The number of aryl methyl sites for hydroxylation is 1. The van der Waals surface area contributed by atoms with E-state index in [0.717, 1.165) is 30.0 Å². The summed E-state index contributed by atoms with van der Waals surface area (Å²) < 4.78 is 0. The minimum absolute atomic E-state index is 0.135. The van der Waals surface area contributed by atoms with Crippen molar-refractivity contribution in [3.8, 4) is 0 Å². The third-order valence-corrected chi connectivity index (χ3v) is 4.12. The Morgan fingerprint density at radius 1 is 1.33 bits per heavy atom. The standard InChI is InChI=1S/C17H22N6O/c1-12-3-4-15(20-9-12)22-17-19-7-5-14(21-17)13-6-8-23(11-13)16(24)10-18-2/h3-5,7,9,13,18H,6,8,10-11H2,1-2H3,(H,19,20,21,22)/t13-/m1/s1. The molecule has 1 amide bonds. The Kier molecular flexibility index (Phi) is 5.00. The number of likely N-dealkylation sites (tertiary alicyclic amines) is 1. The molecule has 7 heteroatoms. The minimum atomic E-state index is 0.135. The smallest absolute Gasteiger partial charge is 0.236 e. The lowest BCUT2D eigenvalue weighted by molar-refractivity contribution is -0.129. The maximum absolute atomic E-state index is 12.0. The van der Waals surface area contributed by atoms with E-state index in [9.17, 15) is 4.79 Å². The number of nitrogens with zero attached hydrogens (tertiary/aromatic N) is 4. The molecule has 0 saturated carbocycles. The summed E-state index contributed by atoms with van der Waals surface area (Å²) in [5, 5.41) is 6.03. The molecule has 3 rings (SSSR count). The van der Waals surface area contributed by atoms with Crippen molar-refractivity contribution in [3.63, 3.8) is 0 Å². The summed E-state index contributed by atoms with van der Waals surface area (Å²) >= 11 is 0. The lowest BCUT2D eigenvalue weighted by Crippen LogP contribution is -2.35. The van der Waals surface area contributed by atoms with Crippen LogP contribution in [-0.2, 0) is 4.79 Å². The highest BCUT2D eigenvalue weighted by Gasteiger charge is 2.27. The van der Waals surface area contributed by atoms with Gasteiger partial charge in [0.15, 0.2) is 0 Å². The highest BCUT2D eigenvalue weighted by atomic mass is 16.2. The monoisotopic (exact) mass is 326 g/mol. The summed E-state index contributed by atoms with van der Waals surface area (Å²) in [6, 6.07) is 5.81. The molecule has 24 heavy (non-hydrogen) atoms. The number of carbonyl (C=O) groups is 1. The second-order valence-electron chi connectivity index (χ2n) is 6.01. The van der Waals surface area contributed by atoms with Gasteiger partial charge in [0, 0.05) is 31.4 Å². The summed E-state index contributed by atoms with van der Waals surface area (Å²) in [6.07, 6.45) is 4.47. The van der Waals surface area contributed by atoms with Crippen molar-refractivity contribution in [2.45, 2.75) is 19.3 Å². The third-order valence-electron chi connectivity index (χ3n) is 4.12. The van der Waals surface area contributed by atoms with Crippen molar-refractivity contribution in [2.24, 2.45) is 0 Å². The van der Waals surface area contributed by atoms with Gasteiger partial charge >= 0.3 is 0 Å². The van der Waals surface area contributed by atoms with Gasteiger partial charge < -0.3 is 15.5 Å². The van der Waals surface area contributed by atoms with E-state index in [1.807, 2.05) is 30.0 Å². The van der Waals surface area contributed by atoms with Gasteiger partial charge in [0.05, 0.1) is 12.2 Å². The molecule has 0 aromatic carbocycles. The second-order valence-corrected chi connectivity index (χ2v) is 6.01. The van der Waals surface area contributed by atoms with Gasteiger partial charge in [-0.25, -0.2) is 15.0 Å². The molecule has 0 bridgehead atoms. The van der Waals surface area contributed by atoms with E-state index >= 15 is 0 Å². The number of aromatic nitrogens is 3. The van der Waals surface area contributed by atoms with Gasteiger partial charge in [-0.2, -0.15) is 0 Å². The Balaban J connectivity index is 1.67. The van der Waals surface area contributed by atoms with Crippen molar-refractivity contribution >= 4 is 17.7 Å². The number of carbonyl (C=O) groups excluding carboxylic acids is 1. The van der Waals surface area contributed by atoms with Crippen molar-refractivity contribution in [1.29, 1.82) is 0 Å². The number of nitrogens with one attached hydrogen (secondary N) is 2. The first-order valence-corrected chi connectivity index (χ1v) is 8.10. The number of likely N-dealkylation sites (N-methyl/N-ethyl adjacent to an activating group) is 1. The van der Waals surface area contributed by atoms with E-state index in [1.54, 1.807) is 19.4 Å². The molecule has 126 valence electrons. The molecule has 2 aromatic rings. The van der Waals surface area contributed by atoms with Gasteiger partial charge in [-0.3, -0.25) is 4.79 Å². The second kappa shape index (κ2) is 7.35. The number of anilines is 2. The lowest BCUT2D eigenvalue weighted by atomic mass is 10.1. The summed E-state index contributed by atoms with van der Waals surface area (Å²) in [4.78, 5) is 27.0. The number of amides is 1. The molecule has 1 aliphatic heterocycles. The van der Waals surface area contributed by atoms with Gasteiger partial charge in [0.2, 0.25) is 11.9 Å². The van der Waals surface area contributed by atoms with Gasteiger partial charge in [-0.05, 0) is 38.1 Å². The Hall–Kier alpha value is -2.54. The first kappa shape index (κ1) is 16.3. The van der Waals surface area contributed by atoms with Crippen LogP contribution in [0.4, 0.5) is 11.8 Å². The van der Waals surface area contributed by atoms with E-state index in [1.165, 1.54) is 0 Å². The van der Waals surface area contributed by atoms with Crippen LogP contribution in [0, 0.1) is 6.92 Å². The Bertz CT molecular complexity index is 702. The molecule has 1 atom stereocenters. The molecule has 7 nitrogen and oxygen atoms in total. The zero-order chi connectivity index (χ0) is 16.9. The molecule has 0 spiro atoms. The number of hydrogen-bond acceptors (Lipinski definition) is 6. The van der Waals surface area contributed by atoms with E-state index < -0.39 is 0 Å². The molecule has 0 unspecified atom stereocenters. The Morgan fingerprint density at radius 3 is 2.96 bits per heavy atom. The van der Waals surface area contributed by atoms with Crippen molar-refractivity contribution in [1.82, 2.24) is 25.2 Å².